The summed E-state index contributed by atoms with van der Waals surface area (Å²) in [6.45, 7) is 0. The fourth-order valence-electron chi connectivity index (χ4n) is 1.13. The van der Waals surface area contributed by atoms with Crippen molar-refractivity contribution in [2.75, 3.05) is 14.2 Å². The van der Waals surface area contributed by atoms with Crippen LogP contribution in [-0.4, -0.2) is 19.1 Å². The van der Waals surface area contributed by atoms with Gasteiger partial charge in [-0.3, -0.25) is 10.1 Å². The molecule has 0 atom stereocenters. The van der Waals surface area contributed by atoms with E-state index in [-0.39, 0.29) is 14.6 Å². The van der Waals surface area contributed by atoms with Gasteiger partial charge in [0.15, 0.2) is 11.5 Å². The minimum absolute atomic E-state index is 0.142. The summed E-state index contributed by atoms with van der Waals surface area (Å²) >= 11 is 9.50. The second-order valence-corrected chi connectivity index (χ2v) is 4.99. The molecule has 0 aliphatic carbocycles. The summed E-state index contributed by atoms with van der Waals surface area (Å²) in [5.41, 5.74) is -0.142. The molecule has 0 heterocycles. The lowest BCUT2D eigenvalue weighted by molar-refractivity contribution is -0.386. The highest BCUT2D eigenvalue weighted by Crippen LogP contribution is 2.51. The van der Waals surface area contributed by atoms with Crippen molar-refractivity contribution in [1.82, 2.24) is 0 Å². The molecule has 0 aliphatic rings. The molecule has 0 saturated heterocycles. The number of nitro benzene ring substituents is 1. The van der Waals surface area contributed by atoms with Crippen LogP contribution in [0.3, 0.4) is 0 Å². The molecule has 0 N–H and O–H groups in total. The number of hydrogen-bond donors (Lipinski definition) is 0. The Morgan fingerprint density at radius 1 is 1.00 bits per heavy atom. The normalized spacial score (nSPS) is 10.1. The topological polar surface area (TPSA) is 61.6 Å². The summed E-state index contributed by atoms with van der Waals surface area (Å²) in [4.78, 5) is 10.4. The number of benzene rings is 1. The molecule has 16 heavy (non-hydrogen) atoms. The lowest BCUT2D eigenvalue weighted by Crippen LogP contribution is -1.98. The second kappa shape index (κ2) is 5.33. The van der Waals surface area contributed by atoms with Gasteiger partial charge in [0.2, 0.25) is 0 Å². The number of rotatable bonds is 3. The molecule has 0 fully saturated rings. The van der Waals surface area contributed by atoms with Gasteiger partial charge in [-0.25, -0.2) is 0 Å². The number of hydrogen-bond acceptors (Lipinski definition) is 4. The van der Waals surface area contributed by atoms with E-state index in [9.17, 15) is 10.1 Å². The van der Waals surface area contributed by atoms with E-state index in [1.54, 1.807) is 0 Å². The van der Waals surface area contributed by atoms with Crippen LogP contribution in [0, 0.1) is 10.1 Å². The SMILES string of the molecule is COc1c(Br)c(OC)c(Br)c([N+](=O)[O-])c1Br. The Morgan fingerprint density at radius 3 is 1.62 bits per heavy atom. The van der Waals surface area contributed by atoms with Crippen LogP contribution in [0.1, 0.15) is 0 Å². The third-order valence-corrected chi connectivity index (χ3v) is 4.00. The Labute approximate surface area is 117 Å². The second-order valence-electron chi connectivity index (χ2n) is 2.61. The summed E-state index contributed by atoms with van der Waals surface area (Å²) in [6.07, 6.45) is 0. The smallest absolute Gasteiger partial charge is 0.305 e. The molecular weight excluding hydrogens is 414 g/mol. The molecule has 0 spiro atoms. The minimum atomic E-state index is -0.522. The summed E-state index contributed by atoms with van der Waals surface area (Å²) in [5.74, 6) is 0.624. The molecular formula is C8H6Br3NO4. The standard InChI is InChI=1S/C8H6Br3NO4/c1-15-7-3(9)6(12(13)14)4(10)8(16-2)5(7)11/h1-2H3. The number of methoxy groups -OCH3 is 2. The quantitative estimate of drug-likeness (QED) is 0.550. The molecule has 1 rings (SSSR count). The van der Waals surface area contributed by atoms with Crippen molar-refractivity contribution in [3.63, 3.8) is 0 Å². The number of nitro groups is 1. The van der Waals surface area contributed by atoms with Crippen LogP contribution in [0.2, 0.25) is 0 Å². The van der Waals surface area contributed by atoms with Crippen molar-refractivity contribution in [3.8, 4) is 11.5 Å². The molecule has 0 bridgehead atoms. The molecule has 1 aromatic rings. The van der Waals surface area contributed by atoms with Gasteiger partial charge in [-0.05, 0) is 47.8 Å². The molecule has 88 valence electrons. The highest BCUT2D eigenvalue weighted by molar-refractivity contribution is 9.12. The Morgan fingerprint density at radius 2 is 1.38 bits per heavy atom. The van der Waals surface area contributed by atoms with Gasteiger partial charge in [-0.1, -0.05) is 0 Å². The largest absolute Gasteiger partial charge is 0.494 e. The number of halogens is 3. The van der Waals surface area contributed by atoms with Gasteiger partial charge in [-0.2, -0.15) is 0 Å². The Kier molecular flexibility index (Phi) is 4.57. The predicted octanol–water partition coefficient (Wildman–Crippen LogP) is 3.90. The minimum Gasteiger partial charge on any atom is -0.494 e. The van der Waals surface area contributed by atoms with Crippen LogP contribution in [-0.2, 0) is 0 Å². The van der Waals surface area contributed by atoms with Crippen molar-refractivity contribution in [1.29, 1.82) is 0 Å². The maximum absolute atomic E-state index is 10.9. The first-order valence-corrected chi connectivity index (χ1v) is 6.26. The zero-order valence-corrected chi connectivity index (χ0v) is 13.0. The van der Waals surface area contributed by atoms with E-state index >= 15 is 0 Å². The molecule has 0 unspecified atom stereocenters. The first-order valence-electron chi connectivity index (χ1n) is 3.88. The molecule has 0 aliphatic heterocycles. The average molecular weight is 420 g/mol. The zero-order chi connectivity index (χ0) is 12.5. The molecule has 8 heteroatoms. The summed E-state index contributed by atoms with van der Waals surface area (Å²) in [7, 11) is 2.84. The summed E-state index contributed by atoms with van der Waals surface area (Å²) in [6, 6.07) is 0. The Balaban J connectivity index is 3.70. The van der Waals surface area contributed by atoms with Crippen LogP contribution in [0.15, 0.2) is 13.4 Å². The Hall–Kier alpha value is -0.340. The first-order chi connectivity index (χ1) is 7.45. The van der Waals surface area contributed by atoms with E-state index in [2.05, 4.69) is 47.8 Å². The molecule has 1 aromatic carbocycles. The molecule has 0 saturated carbocycles. The van der Waals surface area contributed by atoms with Crippen LogP contribution in [0.5, 0.6) is 11.5 Å². The van der Waals surface area contributed by atoms with E-state index < -0.39 is 4.92 Å². The third-order valence-electron chi connectivity index (χ3n) is 1.80. The maximum atomic E-state index is 10.9. The highest BCUT2D eigenvalue weighted by Gasteiger charge is 2.29. The average Bonchev–Trinajstić information content (AvgIpc) is 2.18. The van der Waals surface area contributed by atoms with E-state index in [4.69, 9.17) is 9.47 Å². The van der Waals surface area contributed by atoms with E-state index in [1.165, 1.54) is 14.2 Å². The van der Waals surface area contributed by atoms with Crippen molar-refractivity contribution in [2.24, 2.45) is 0 Å². The lowest BCUT2D eigenvalue weighted by Gasteiger charge is -2.12. The van der Waals surface area contributed by atoms with Gasteiger partial charge < -0.3 is 9.47 Å². The van der Waals surface area contributed by atoms with Crippen molar-refractivity contribution in [2.45, 2.75) is 0 Å². The summed E-state index contributed by atoms with van der Waals surface area (Å²) < 4.78 is 11.1. The third kappa shape index (κ3) is 2.18. The monoisotopic (exact) mass is 417 g/mol. The number of nitrogens with zero attached hydrogens (tertiary/aromatic N) is 1. The van der Waals surface area contributed by atoms with Gasteiger partial charge in [0.05, 0.1) is 19.1 Å². The first kappa shape index (κ1) is 13.7. The van der Waals surface area contributed by atoms with E-state index in [1.807, 2.05) is 0 Å². The highest BCUT2D eigenvalue weighted by atomic mass is 79.9. The van der Waals surface area contributed by atoms with Crippen LogP contribution >= 0.6 is 47.8 Å². The van der Waals surface area contributed by atoms with Crippen LogP contribution in [0.25, 0.3) is 0 Å². The van der Waals surface area contributed by atoms with E-state index in [0.29, 0.717) is 16.0 Å². The fourth-order valence-corrected chi connectivity index (χ4v) is 4.05. The molecule has 5 nitrogen and oxygen atoms in total. The number of ether oxygens (including phenoxy) is 2. The van der Waals surface area contributed by atoms with Crippen molar-refractivity contribution >= 4 is 53.5 Å². The van der Waals surface area contributed by atoms with Gasteiger partial charge in [0.25, 0.3) is 0 Å². The molecule has 0 radical (unpaired) electrons. The Bertz CT molecular complexity index is 418. The van der Waals surface area contributed by atoms with Crippen molar-refractivity contribution in [3.05, 3.63) is 23.5 Å². The lowest BCUT2D eigenvalue weighted by atomic mass is 10.3. The van der Waals surface area contributed by atoms with Gasteiger partial charge in [0, 0.05) is 0 Å². The summed E-state index contributed by atoms with van der Waals surface area (Å²) in [5, 5.41) is 10.9. The van der Waals surface area contributed by atoms with Gasteiger partial charge in [-0.15, -0.1) is 0 Å². The van der Waals surface area contributed by atoms with Gasteiger partial charge >= 0.3 is 5.69 Å². The molecule has 0 amide bonds. The maximum Gasteiger partial charge on any atom is 0.305 e. The molecule has 0 aromatic heterocycles. The van der Waals surface area contributed by atoms with Gasteiger partial charge in [0.1, 0.15) is 13.4 Å². The van der Waals surface area contributed by atoms with E-state index in [0.717, 1.165) is 0 Å². The van der Waals surface area contributed by atoms with Crippen LogP contribution in [0.4, 0.5) is 5.69 Å². The predicted molar refractivity (Wildman–Crippen MR) is 69.3 cm³/mol. The fraction of sp³-hybridized carbons (Fsp3) is 0.250. The van der Waals surface area contributed by atoms with Crippen molar-refractivity contribution < 1.29 is 14.4 Å². The van der Waals surface area contributed by atoms with Crippen LogP contribution < -0.4 is 9.47 Å². The zero-order valence-electron chi connectivity index (χ0n) is 8.21.